The molecule has 0 saturated carbocycles. The Balaban J connectivity index is 2.64. The molecule has 0 aliphatic rings. The first-order valence-electron chi connectivity index (χ1n) is 7.81. The molecule has 23 heavy (non-hydrogen) atoms. The van der Waals surface area contributed by atoms with Gasteiger partial charge in [0.05, 0.1) is 24.1 Å². The van der Waals surface area contributed by atoms with Crippen LogP contribution in [-0.4, -0.2) is 32.4 Å². The average Bonchev–Trinajstić information content (AvgIpc) is 2.45. The van der Waals surface area contributed by atoms with Gasteiger partial charge in [-0.2, -0.15) is 0 Å². The van der Waals surface area contributed by atoms with Crippen molar-refractivity contribution < 1.29 is 23.1 Å². The van der Waals surface area contributed by atoms with Gasteiger partial charge >= 0.3 is 5.97 Å². The maximum absolute atomic E-state index is 11.4. The third-order valence-corrected chi connectivity index (χ3v) is 3.87. The highest BCUT2D eigenvalue weighted by atomic mass is 32.2. The third-order valence-electron chi connectivity index (χ3n) is 3.28. The summed E-state index contributed by atoms with van der Waals surface area (Å²) in [6.45, 7) is 2.64. The van der Waals surface area contributed by atoms with Gasteiger partial charge in [-0.1, -0.05) is 39.0 Å². The molecule has 6 nitrogen and oxygen atoms in total. The van der Waals surface area contributed by atoms with E-state index in [2.05, 4.69) is 11.6 Å². The maximum Gasteiger partial charge on any atom is 0.335 e. The van der Waals surface area contributed by atoms with Crippen molar-refractivity contribution in [2.75, 3.05) is 17.6 Å². The van der Waals surface area contributed by atoms with Crippen molar-refractivity contribution in [3.63, 3.8) is 0 Å². The molecule has 0 bridgehead atoms. The molecule has 7 heteroatoms. The number of ether oxygens (including phenoxy) is 1. The summed E-state index contributed by atoms with van der Waals surface area (Å²) < 4.78 is 30.7. The summed E-state index contributed by atoms with van der Waals surface area (Å²) in [7, 11) is -3.51. The molecule has 1 rings (SSSR count). The van der Waals surface area contributed by atoms with Crippen molar-refractivity contribution in [2.45, 2.75) is 45.4 Å². The molecular formula is C16H25NO5S. The van der Waals surface area contributed by atoms with E-state index in [-0.39, 0.29) is 11.3 Å². The normalized spacial score (nSPS) is 11.2. The number of unbranched alkanes of at least 4 members (excludes halogenated alkanes) is 5. The number of benzene rings is 1. The fraction of sp³-hybridized carbons (Fsp3) is 0.562. The second kappa shape index (κ2) is 9.39. The van der Waals surface area contributed by atoms with Crippen molar-refractivity contribution in [2.24, 2.45) is 0 Å². The number of hydrogen-bond donors (Lipinski definition) is 2. The zero-order valence-corrected chi connectivity index (χ0v) is 14.5. The van der Waals surface area contributed by atoms with Crippen LogP contribution in [-0.2, 0) is 10.0 Å². The van der Waals surface area contributed by atoms with Gasteiger partial charge in [0.25, 0.3) is 0 Å². The van der Waals surface area contributed by atoms with E-state index in [0.29, 0.717) is 12.4 Å². The van der Waals surface area contributed by atoms with Crippen molar-refractivity contribution in [1.29, 1.82) is 0 Å². The molecule has 0 fully saturated rings. The Labute approximate surface area is 137 Å². The van der Waals surface area contributed by atoms with Crippen molar-refractivity contribution in [1.82, 2.24) is 0 Å². The summed E-state index contributed by atoms with van der Waals surface area (Å²) in [6, 6.07) is 4.14. The average molecular weight is 343 g/mol. The number of carboxylic acid groups (broad SMARTS) is 1. The van der Waals surface area contributed by atoms with Crippen molar-refractivity contribution in [3.8, 4) is 5.75 Å². The molecule has 0 heterocycles. The predicted molar refractivity (Wildman–Crippen MR) is 90.7 cm³/mol. The van der Waals surface area contributed by atoms with Gasteiger partial charge in [-0.05, 0) is 24.6 Å². The molecule has 0 unspecified atom stereocenters. The van der Waals surface area contributed by atoms with Gasteiger partial charge in [-0.15, -0.1) is 0 Å². The Morgan fingerprint density at radius 2 is 1.83 bits per heavy atom. The summed E-state index contributed by atoms with van der Waals surface area (Å²) in [5.41, 5.74) is 0.154. The first kappa shape index (κ1) is 19.3. The van der Waals surface area contributed by atoms with Crippen LogP contribution in [0.3, 0.4) is 0 Å². The monoisotopic (exact) mass is 343 g/mol. The lowest BCUT2D eigenvalue weighted by Crippen LogP contribution is -2.12. The Kier molecular flexibility index (Phi) is 7.88. The number of sulfonamides is 1. The standard InChI is InChI=1S/C16H25NO5S/c1-3-4-5-6-7-8-11-22-15-10-9-13(16(18)19)12-14(15)17-23(2,20)21/h9-10,12,17H,3-8,11H2,1-2H3,(H,18,19). The van der Waals surface area contributed by atoms with E-state index in [1.54, 1.807) is 0 Å². The molecule has 130 valence electrons. The largest absolute Gasteiger partial charge is 0.491 e. The minimum Gasteiger partial charge on any atom is -0.491 e. The zero-order valence-electron chi connectivity index (χ0n) is 13.7. The highest BCUT2D eigenvalue weighted by Crippen LogP contribution is 2.27. The Morgan fingerprint density at radius 3 is 2.43 bits per heavy atom. The third kappa shape index (κ3) is 7.88. The SMILES string of the molecule is CCCCCCCCOc1ccc(C(=O)O)cc1NS(C)(=O)=O. The molecule has 0 aliphatic carbocycles. The van der Waals surface area contributed by atoms with E-state index in [1.807, 2.05) is 0 Å². The number of anilines is 1. The van der Waals surface area contributed by atoms with Gasteiger partial charge in [-0.25, -0.2) is 13.2 Å². The molecular weight excluding hydrogens is 318 g/mol. The summed E-state index contributed by atoms with van der Waals surface area (Å²) in [4.78, 5) is 11.0. The lowest BCUT2D eigenvalue weighted by molar-refractivity contribution is 0.0697. The van der Waals surface area contributed by atoms with Gasteiger partial charge in [0.15, 0.2) is 0 Å². The van der Waals surface area contributed by atoms with Gasteiger partial charge in [0.1, 0.15) is 5.75 Å². The number of rotatable bonds is 11. The molecule has 0 aromatic heterocycles. The number of carboxylic acids is 1. The second-order valence-electron chi connectivity index (χ2n) is 5.51. The van der Waals surface area contributed by atoms with Gasteiger partial charge < -0.3 is 9.84 Å². The Morgan fingerprint density at radius 1 is 1.17 bits per heavy atom. The topological polar surface area (TPSA) is 92.7 Å². The molecule has 2 N–H and O–H groups in total. The van der Waals surface area contributed by atoms with E-state index < -0.39 is 16.0 Å². The summed E-state index contributed by atoms with van der Waals surface area (Å²) in [5, 5.41) is 9.00. The quantitative estimate of drug-likeness (QED) is 0.600. The molecule has 0 aliphatic heterocycles. The van der Waals surface area contributed by atoms with E-state index in [4.69, 9.17) is 9.84 Å². The molecule has 0 atom stereocenters. The Hall–Kier alpha value is -1.76. The lowest BCUT2D eigenvalue weighted by atomic mass is 10.1. The predicted octanol–water partition coefficient (Wildman–Crippen LogP) is 3.50. The maximum atomic E-state index is 11.4. The number of carbonyl (C=O) groups is 1. The first-order chi connectivity index (χ1) is 10.8. The minimum atomic E-state index is -3.51. The van der Waals surface area contributed by atoms with Crippen LogP contribution in [0.25, 0.3) is 0 Å². The van der Waals surface area contributed by atoms with E-state index in [0.717, 1.165) is 25.5 Å². The van der Waals surface area contributed by atoms with E-state index >= 15 is 0 Å². The molecule has 0 radical (unpaired) electrons. The molecule has 0 spiro atoms. The van der Waals surface area contributed by atoms with Crippen LogP contribution in [0.2, 0.25) is 0 Å². The molecule has 1 aromatic rings. The first-order valence-corrected chi connectivity index (χ1v) is 9.70. The van der Waals surface area contributed by atoms with Crippen LogP contribution in [0.15, 0.2) is 18.2 Å². The second-order valence-corrected chi connectivity index (χ2v) is 7.26. The van der Waals surface area contributed by atoms with Crippen molar-refractivity contribution >= 4 is 21.7 Å². The van der Waals surface area contributed by atoms with Crippen LogP contribution in [0, 0.1) is 0 Å². The van der Waals surface area contributed by atoms with Crippen molar-refractivity contribution in [3.05, 3.63) is 23.8 Å². The summed E-state index contributed by atoms with van der Waals surface area (Å²) >= 11 is 0. The van der Waals surface area contributed by atoms with Gasteiger partial charge in [0, 0.05) is 0 Å². The molecule has 0 amide bonds. The zero-order chi connectivity index (χ0) is 17.3. The fourth-order valence-corrected chi connectivity index (χ4v) is 2.69. The van der Waals surface area contributed by atoms with E-state index in [1.165, 1.54) is 37.5 Å². The minimum absolute atomic E-state index is 0.00284. The smallest absolute Gasteiger partial charge is 0.335 e. The number of hydrogen-bond acceptors (Lipinski definition) is 4. The van der Waals surface area contributed by atoms with Crippen LogP contribution in [0.4, 0.5) is 5.69 Å². The lowest BCUT2D eigenvalue weighted by Gasteiger charge is -2.13. The van der Waals surface area contributed by atoms with Crippen LogP contribution < -0.4 is 9.46 Å². The fourth-order valence-electron chi connectivity index (χ4n) is 2.13. The van der Waals surface area contributed by atoms with Crippen LogP contribution in [0.1, 0.15) is 55.8 Å². The van der Waals surface area contributed by atoms with Gasteiger partial charge in [0.2, 0.25) is 10.0 Å². The van der Waals surface area contributed by atoms with Crippen LogP contribution in [0.5, 0.6) is 5.75 Å². The van der Waals surface area contributed by atoms with E-state index in [9.17, 15) is 13.2 Å². The number of aromatic carboxylic acids is 1. The molecule has 0 saturated heterocycles. The van der Waals surface area contributed by atoms with Gasteiger partial charge in [-0.3, -0.25) is 4.72 Å². The highest BCUT2D eigenvalue weighted by Gasteiger charge is 2.12. The number of nitrogens with one attached hydrogen (secondary N) is 1. The highest BCUT2D eigenvalue weighted by molar-refractivity contribution is 7.92. The summed E-state index contributed by atoms with van der Waals surface area (Å²) in [5.74, 6) is -0.780. The Bertz CT molecular complexity index is 613. The molecule has 1 aromatic carbocycles. The summed E-state index contributed by atoms with van der Waals surface area (Å²) in [6.07, 6.45) is 7.75. The van der Waals surface area contributed by atoms with Crippen LogP contribution >= 0.6 is 0 Å².